The number of anilines is 3. The molecule has 11 aromatic rings. The van der Waals surface area contributed by atoms with Gasteiger partial charge in [-0.1, -0.05) is 121 Å². The minimum atomic E-state index is 0.642. The number of furan rings is 2. The first-order chi connectivity index (χ1) is 27.2. The Hall–Kier alpha value is -7.50. The van der Waals surface area contributed by atoms with Gasteiger partial charge in [0.05, 0.1) is 0 Å². The summed E-state index contributed by atoms with van der Waals surface area (Å²) >= 11 is 0. The molecule has 11 rings (SSSR count). The molecule has 258 valence electrons. The first kappa shape index (κ1) is 31.1. The van der Waals surface area contributed by atoms with Crippen molar-refractivity contribution >= 4 is 71.8 Å². The van der Waals surface area contributed by atoms with Crippen molar-refractivity contribution < 1.29 is 8.83 Å². The molecule has 0 unspecified atom stereocenters. The molecule has 5 nitrogen and oxygen atoms in total. The first-order valence-electron chi connectivity index (χ1n) is 18.4. The standard InChI is InChI=1S/C50H31N3O2/c1-3-12-32(13-4-1)34-24-26-38(27-25-34)53(37-16-5-2-6-17-37)39-28-29-40-45(31-39)54-44-21-11-19-42(46(40)44)48-49-47(41-18-9-10-20-43(41)55-49)51-50(52-48)36-23-22-33-14-7-8-15-35(33)30-36/h1-31H. The van der Waals surface area contributed by atoms with Gasteiger partial charge in [-0.2, -0.15) is 0 Å². The number of hydrogen-bond donors (Lipinski definition) is 0. The van der Waals surface area contributed by atoms with Gasteiger partial charge in [0.15, 0.2) is 11.4 Å². The fourth-order valence-corrected chi connectivity index (χ4v) is 7.84. The van der Waals surface area contributed by atoms with Crippen molar-refractivity contribution in [3.05, 3.63) is 188 Å². The number of hydrogen-bond acceptors (Lipinski definition) is 5. The number of fused-ring (bicyclic) bond motifs is 7. The van der Waals surface area contributed by atoms with Crippen LogP contribution in [0.2, 0.25) is 0 Å². The molecule has 5 heteroatoms. The summed E-state index contributed by atoms with van der Waals surface area (Å²) < 4.78 is 13.2. The predicted molar refractivity (Wildman–Crippen MR) is 225 cm³/mol. The third kappa shape index (κ3) is 5.24. The molecule has 0 saturated heterocycles. The highest BCUT2D eigenvalue weighted by molar-refractivity contribution is 6.16. The quantitative estimate of drug-likeness (QED) is 0.172. The van der Waals surface area contributed by atoms with E-state index >= 15 is 0 Å². The van der Waals surface area contributed by atoms with Crippen molar-refractivity contribution in [3.63, 3.8) is 0 Å². The minimum absolute atomic E-state index is 0.642. The normalized spacial score (nSPS) is 11.6. The van der Waals surface area contributed by atoms with Crippen molar-refractivity contribution in [2.45, 2.75) is 0 Å². The number of benzene rings is 8. The van der Waals surface area contributed by atoms with Gasteiger partial charge in [0, 0.05) is 50.4 Å². The second-order valence-corrected chi connectivity index (χ2v) is 13.8. The van der Waals surface area contributed by atoms with Gasteiger partial charge in [-0.05, 0) is 82.6 Å². The van der Waals surface area contributed by atoms with E-state index in [0.717, 1.165) is 77.7 Å². The molecule has 55 heavy (non-hydrogen) atoms. The maximum atomic E-state index is 6.69. The Kier molecular flexibility index (Phi) is 7.10. The van der Waals surface area contributed by atoms with Crippen LogP contribution in [0, 0.1) is 0 Å². The van der Waals surface area contributed by atoms with Crippen LogP contribution < -0.4 is 4.90 Å². The van der Waals surface area contributed by atoms with Crippen LogP contribution in [-0.4, -0.2) is 9.97 Å². The van der Waals surface area contributed by atoms with Crippen molar-refractivity contribution in [2.24, 2.45) is 0 Å². The van der Waals surface area contributed by atoms with Crippen LogP contribution in [-0.2, 0) is 0 Å². The molecule has 0 N–H and O–H groups in total. The van der Waals surface area contributed by atoms with Crippen LogP contribution in [0.15, 0.2) is 197 Å². The molecule has 0 atom stereocenters. The Labute approximate surface area is 316 Å². The zero-order valence-corrected chi connectivity index (χ0v) is 29.6. The third-order valence-electron chi connectivity index (χ3n) is 10.5. The summed E-state index contributed by atoms with van der Waals surface area (Å²) in [4.78, 5) is 12.7. The summed E-state index contributed by atoms with van der Waals surface area (Å²) in [7, 11) is 0. The summed E-state index contributed by atoms with van der Waals surface area (Å²) in [5.41, 5.74) is 11.8. The van der Waals surface area contributed by atoms with Crippen molar-refractivity contribution in [3.8, 4) is 33.8 Å². The molecule has 0 saturated carbocycles. The number of rotatable bonds is 6. The lowest BCUT2D eigenvalue weighted by Gasteiger charge is -2.25. The molecular weight excluding hydrogens is 675 g/mol. The van der Waals surface area contributed by atoms with Gasteiger partial charge < -0.3 is 13.7 Å². The van der Waals surface area contributed by atoms with E-state index in [1.54, 1.807) is 0 Å². The van der Waals surface area contributed by atoms with E-state index in [4.69, 9.17) is 18.8 Å². The molecule has 0 amide bonds. The minimum Gasteiger partial charge on any atom is -0.456 e. The Balaban J connectivity index is 1.09. The summed E-state index contributed by atoms with van der Waals surface area (Å²) in [6.07, 6.45) is 0. The highest BCUT2D eigenvalue weighted by Crippen LogP contribution is 2.44. The van der Waals surface area contributed by atoms with Crippen LogP contribution in [0.4, 0.5) is 17.1 Å². The average molecular weight is 706 g/mol. The lowest BCUT2D eigenvalue weighted by Crippen LogP contribution is -2.09. The predicted octanol–water partition coefficient (Wildman–Crippen LogP) is 13.9. The first-order valence-corrected chi connectivity index (χ1v) is 18.4. The Bertz CT molecular complexity index is 3200. The van der Waals surface area contributed by atoms with E-state index in [0.29, 0.717) is 11.4 Å². The zero-order chi connectivity index (χ0) is 36.3. The smallest absolute Gasteiger partial charge is 0.180 e. The average Bonchev–Trinajstić information content (AvgIpc) is 3.82. The van der Waals surface area contributed by atoms with Gasteiger partial charge >= 0.3 is 0 Å². The largest absolute Gasteiger partial charge is 0.456 e. The SMILES string of the molecule is c1ccc(-c2ccc(N(c3ccccc3)c3ccc4c(c3)oc3cccc(-c5nc(-c6ccc7ccccc7c6)nc6c5oc5ccccc56)c34)cc2)cc1. The maximum Gasteiger partial charge on any atom is 0.180 e. The van der Waals surface area contributed by atoms with Gasteiger partial charge in [-0.15, -0.1) is 0 Å². The third-order valence-corrected chi connectivity index (χ3v) is 10.5. The van der Waals surface area contributed by atoms with Gasteiger partial charge in [0.1, 0.15) is 28.0 Å². The van der Waals surface area contributed by atoms with E-state index in [2.05, 4.69) is 150 Å². The van der Waals surface area contributed by atoms with Gasteiger partial charge in [0.25, 0.3) is 0 Å². The molecule has 0 spiro atoms. The molecule has 0 aliphatic carbocycles. The van der Waals surface area contributed by atoms with Crippen molar-refractivity contribution in [1.82, 2.24) is 9.97 Å². The highest BCUT2D eigenvalue weighted by atomic mass is 16.3. The molecule has 0 aliphatic heterocycles. The molecular formula is C50H31N3O2. The topological polar surface area (TPSA) is 55.3 Å². The number of para-hydroxylation sites is 2. The van der Waals surface area contributed by atoms with E-state index in [1.807, 2.05) is 42.5 Å². The molecule has 3 aromatic heterocycles. The summed E-state index contributed by atoms with van der Waals surface area (Å²) in [6.45, 7) is 0. The Morgan fingerprint density at radius 2 is 1.07 bits per heavy atom. The number of nitrogens with zero attached hydrogens (tertiary/aromatic N) is 3. The molecule has 0 fully saturated rings. The van der Waals surface area contributed by atoms with E-state index in [-0.39, 0.29) is 0 Å². The molecule has 0 radical (unpaired) electrons. The van der Waals surface area contributed by atoms with Gasteiger partial charge in [-0.25, -0.2) is 9.97 Å². The lowest BCUT2D eigenvalue weighted by molar-refractivity contribution is 0.667. The second kappa shape index (κ2) is 12.6. The Morgan fingerprint density at radius 1 is 0.400 bits per heavy atom. The van der Waals surface area contributed by atoms with Crippen LogP contribution in [0.1, 0.15) is 0 Å². The molecule has 0 bridgehead atoms. The van der Waals surface area contributed by atoms with E-state index in [1.165, 1.54) is 16.5 Å². The summed E-state index contributed by atoms with van der Waals surface area (Å²) in [5, 5.41) is 5.24. The van der Waals surface area contributed by atoms with Gasteiger partial charge in [-0.3, -0.25) is 0 Å². The van der Waals surface area contributed by atoms with E-state index < -0.39 is 0 Å². The van der Waals surface area contributed by atoms with E-state index in [9.17, 15) is 0 Å². The van der Waals surface area contributed by atoms with Crippen LogP contribution >= 0.6 is 0 Å². The van der Waals surface area contributed by atoms with Crippen LogP contribution in [0.25, 0.3) is 88.6 Å². The molecule has 3 heterocycles. The maximum absolute atomic E-state index is 6.69. The monoisotopic (exact) mass is 705 g/mol. The summed E-state index contributed by atoms with van der Waals surface area (Å²) in [5.74, 6) is 0.642. The molecule has 0 aliphatic rings. The fraction of sp³-hybridized carbons (Fsp3) is 0. The second-order valence-electron chi connectivity index (χ2n) is 13.8. The summed E-state index contributed by atoms with van der Waals surface area (Å²) in [6, 6.07) is 65.0. The number of aromatic nitrogens is 2. The molecule has 8 aromatic carbocycles. The lowest BCUT2D eigenvalue weighted by atomic mass is 10.0. The van der Waals surface area contributed by atoms with Crippen molar-refractivity contribution in [1.29, 1.82) is 0 Å². The van der Waals surface area contributed by atoms with Crippen molar-refractivity contribution in [2.75, 3.05) is 4.90 Å². The van der Waals surface area contributed by atoms with Gasteiger partial charge in [0.2, 0.25) is 0 Å². The highest BCUT2D eigenvalue weighted by Gasteiger charge is 2.23. The Morgan fingerprint density at radius 3 is 1.93 bits per heavy atom. The zero-order valence-electron chi connectivity index (χ0n) is 29.6. The fourth-order valence-electron chi connectivity index (χ4n) is 7.84. The van der Waals surface area contributed by atoms with Crippen LogP contribution in [0.5, 0.6) is 0 Å². The van der Waals surface area contributed by atoms with Crippen LogP contribution in [0.3, 0.4) is 0 Å².